The zero-order valence-corrected chi connectivity index (χ0v) is 10.4. The zero-order chi connectivity index (χ0) is 12.8. The first-order chi connectivity index (χ1) is 8.79. The molecule has 0 radical (unpaired) electrons. The molecule has 0 spiro atoms. The number of hydrogen-bond acceptors (Lipinski definition) is 5. The lowest BCUT2D eigenvalue weighted by Crippen LogP contribution is -2.33. The smallest absolute Gasteiger partial charge is 0.237 e. The molecule has 1 aliphatic rings. The SMILES string of the molecule is N#Cc1cnc(OCCN2CCCCC2)c(N)c1. The van der Waals surface area contributed by atoms with Crippen LogP contribution >= 0.6 is 0 Å². The summed E-state index contributed by atoms with van der Waals surface area (Å²) in [7, 11) is 0. The third-order valence-electron chi connectivity index (χ3n) is 3.10. The molecule has 0 saturated carbocycles. The molecule has 0 unspecified atom stereocenters. The minimum atomic E-state index is 0.422. The van der Waals surface area contributed by atoms with Crippen molar-refractivity contribution < 1.29 is 4.74 Å². The van der Waals surface area contributed by atoms with E-state index in [0.717, 1.165) is 19.6 Å². The van der Waals surface area contributed by atoms with E-state index in [-0.39, 0.29) is 0 Å². The molecule has 0 bridgehead atoms. The van der Waals surface area contributed by atoms with Gasteiger partial charge in [0.25, 0.3) is 0 Å². The molecule has 2 rings (SSSR count). The molecule has 1 fully saturated rings. The summed E-state index contributed by atoms with van der Waals surface area (Å²) in [5.41, 5.74) is 6.64. The van der Waals surface area contributed by atoms with Crippen LogP contribution in [-0.4, -0.2) is 36.1 Å². The van der Waals surface area contributed by atoms with E-state index in [2.05, 4.69) is 9.88 Å². The first-order valence-corrected chi connectivity index (χ1v) is 6.30. The third-order valence-corrected chi connectivity index (χ3v) is 3.10. The van der Waals surface area contributed by atoms with Crippen molar-refractivity contribution in [3.8, 4) is 11.9 Å². The molecule has 18 heavy (non-hydrogen) atoms. The van der Waals surface area contributed by atoms with E-state index in [0.29, 0.717) is 23.7 Å². The largest absolute Gasteiger partial charge is 0.475 e. The van der Waals surface area contributed by atoms with Crippen molar-refractivity contribution in [1.82, 2.24) is 9.88 Å². The van der Waals surface area contributed by atoms with Crippen LogP contribution in [0.1, 0.15) is 24.8 Å². The van der Waals surface area contributed by atoms with Crippen LogP contribution in [0.3, 0.4) is 0 Å². The normalized spacial score (nSPS) is 16.2. The summed E-state index contributed by atoms with van der Waals surface area (Å²) in [4.78, 5) is 6.44. The lowest BCUT2D eigenvalue weighted by Gasteiger charge is -2.26. The van der Waals surface area contributed by atoms with Gasteiger partial charge in [0, 0.05) is 12.7 Å². The Kier molecular flexibility index (Phi) is 4.37. The van der Waals surface area contributed by atoms with Crippen molar-refractivity contribution >= 4 is 5.69 Å². The Hall–Kier alpha value is -1.80. The van der Waals surface area contributed by atoms with Gasteiger partial charge in [0.2, 0.25) is 5.88 Å². The molecule has 2 N–H and O–H groups in total. The maximum Gasteiger partial charge on any atom is 0.237 e. The highest BCUT2D eigenvalue weighted by atomic mass is 16.5. The molecule has 0 amide bonds. The lowest BCUT2D eigenvalue weighted by molar-refractivity contribution is 0.181. The van der Waals surface area contributed by atoms with E-state index in [4.69, 9.17) is 15.7 Å². The number of piperidine rings is 1. The molecule has 96 valence electrons. The first kappa shape index (κ1) is 12.7. The van der Waals surface area contributed by atoms with E-state index in [1.807, 2.05) is 6.07 Å². The van der Waals surface area contributed by atoms with Crippen LogP contribution < -0.4 is 10.5 Å². The van der Waals surface area contributed by atoms with Gasteiger partial charge in [0.1, 0.15) is 12.7 Å². The molecular formula is C13H18N4O. The fourth-order valence-corrected chi connectivity index (χ4v) is 2.11. The molecule has 1 aromatic rings. The summed E-state index contributed by atoms with van der Waals surface area (Å²) in [5.74, 6) is 0.422. The second kappa shape index (κ2) is 6.22. The van der Waals surface area contributed by atoms with E-state index in [9.17, 15) is 0 Å². The van der Waals surface area contributed by atoms with E-state index in [1.165, 1.54) is 25.5 Å². The number of nitrogens with zero attached hydrogens (tertiary/aromatic N) is 3. The van der Waals surface area contributed by atoms with Crippen LogP contribution in [0.15, 0.2) is 12.3 Å². The van der Waals surface area contributed by atoms with Crippen LogP contribution in [0.25, 0.3) is 0 Å². The molecule has 0 aromatic carbocycles. The highest BCUT2D eigenvalue weighted by molar-refractivity contribution is 5.51. The summed E-state index contributed by atoms with van der Waals surface area (Å²) in [6.45, 7) is 3.80. The quantitative estimate of drug-likeness (QED) is 0.869. The topological polar surface area (TPSA) is 75.2 Å². The summed E-state index contributed by atoms with van der Waals surface area (Å²) in [5, 5.41) is 8.71. The van der Waals surface area contributed by atoms with Gasteiger partial charge in [-0.3, -0.25) is 4.90 Å². The van der Waals surface area contributed by atoms with Crippen molar-refractivity contribution in [3.63, 3.8) is 0 Å². The van der Waals surface area contributed by atoms with Gasteiger partial charge >= 0.3 is 0 Å². The molecule has 0 aliphatic carbocycles. The fourth-order valence-electron chi connectivity index (χ4n) is 2.11. The summed E-state index contributed by atoms with van der Waals surface area (Å²) >= 11 is 0. The van der Waals surface area contributed by atoms with Crippen molar-refractivity contribution in [2.45, 2.75) is 19.3 Å². The minimum Gasteiger partial charge on any atom is -0.475 e. The van der Waals surface area contributed by atoms with E-state index < -0.39 is 0 Å². The standard InChI is InChI=1S/C13H18N4O/c14-9-11-8-12(15)13(16-10-11)18-7-6-17-4-2-1-3-5-17/h8,10H,1-7,15H2. The van der Waals surface area contributed by atoms with Crippen LogP contribution in [0.4, 0.5) is 5.69 Å². The third kappa shape index (κ3) is 3.34. The van der Waals surface area contributed by atoms with Gasteiger partial charge < -0.3 is 10.5 Å². The fraction of sp³-hybridized carbons (Fsp3) is 0.538. The summed E-state index contributed by atoms with van der Waals surface area (Å²) in [6.07, 6.45) is 5.36. The number of nitriles is 1. The number of anilines is 1. The van der Waals surface area contributed by atoms with Gasteiger partial charge in [0.05, 0.1) is 11.3 Å². The van der Waals surface area contributed by atoms with Crippen molar-refractivity contribution in [2.75, 3.05) is 32.0 Å². The second-order valence-electron chi connectivity index (χ2n) is 4.48. The van der Waals surface area contributed by atoms with Gasteiger partial charge in [-0.05, 0) is 32.0 Å². The Morgan fingerprint density at radius 1 is 1.39 bits per heavy atom. The predicted molar refractivity (Wildman–Crippen MR) is 69.2 cm³/mol. The average molecular weight is 246 g/mol. The van der Waals surface area contributed by atoms with Gasteiger partial charge in [0.15, 0.2) is 0 Å². The van der Waals surface area contributed by atoms with Crippen molar-refractivity contribution in [3.05, 3.63) is 17.8 Å². The maximum atomic E-state index is 8.71. The molecule has 1 aliphatic heterocycles. The van der Waals surface area contributed by atoms with Crippen molar-refractivity contribution in [2.24, 2.45) is 0 Å². The number of aromatic nitrogens is 1. The van der Waals surface area contributed by atoms with Crippen LogP contribution in [0.2, 0.25) is 0 Å². The number of pyridine rings is 1. The molecule has 5 nitrogen and oxygen atoms in total. The van der Waals surface area contributed by atoms with Gasteiger partial charge in [-0.1, -0.05) is 6.42 Å². The number of ether oxygens (including phenoxy) is 1. The van der Waals surface area contributed by atoms with Gasteiger partial charge in [-0.25, -0.2) is 4.98 Å². The Bertz CT molecular complexity index is 435. The van der Waals surface area contributed by atoms with Gasteiger partial charge in [-0.2, -0.15) is 5.26 Å². The molecule has 1 aromatic heterocycles. The summed E-state index contributed by atoms with van der Waals surface area (Å²) in [6, 6.07) is 3.58. The monoisotopic (exact) mass is 246 g/mol. The van der Waals surface area contributed by atoms with E-state index in [1.54, 1.807) is 6.07 Å². The Morgan fingerprint density at radius 2 is 2.17 bits per heavy atom. The number of hydrogen-bond donors (Lipinski definition) is 1. The molecule has 1 saturated heterocycles. The highest BCUT2D eigenvalue weighted by Crippen LogP contribution is 2.18. The molecule has 0 atom stereocenters. The predicted octanol–water partition coefficient (Wildman–Crippen LogP) is 1.40. The van der Waals surface area contributed by atoms with Crippen molar-refractivity contribution in [1.29, 1.82) is 5.26 Å². The number of rotatable bonds is 4. The van der Waals surface area contributed by atoms with Crippen LogP contribution in [0, 0.1) is 11.3 Å². The molecule has 2 heterocycles. The van der Waals surface area contributed by atoms with E-state index >= 15 is 0 Å². The van der Waals surface area contributed by atoms with Gasteiger partial charge in [-0.15, -0.1) is 0 Å². The number of nitrogens with two attached hydrogens (primary N) is 1. The average Bonchev–Trinajstić information content (AvgIpc) is 2.42. The second-order valence-corrected chi connectivity index (χ2v) is 4.48. The maximum absolute atomic E-state index is 8.71. The van der Waals surface area contributed by atoms with Crippen LogP contribution in [0.5, 0.6) is 5.88 Å². The number of likely N-dealkylation sites (tertiary alicyclic amines) is 1. The van der Waals surface area contributed by atoms with Crippen LogP contribution in [-0.2, 0) is 0 Å². The Labute approximate surface area is 107 Å². The first-order valence-electron chi connectivity index (χ1n) is 6.30. The molecule has 5 heteroatoms. The Morgan fingerprint density at radius 3 is 2.83 bits per heavy atom. The summed E-state index contributed by atoms with van der Waals surface area (Å²) < 4.78 is 5.55. The number of nitrogen functional groups attached to an aromatic ring is 1. The lowest BCUT2D eigenvalue weighted by atomic mass is 10.1. The molecular weight excluding hydrogens is 228 g/mol. The Balaban J connectivity index is 1.81. The zero-order valence-electron chi connectivity index (χ0n) is 10.4. The minimum absolute atomic E-state index is 0.422. The highest BCUT2D eigenvalue weighted by Gasteiger charge is 2.10.